The highest BCUT2D eigenvalue weighted by atomic mass is 16.6. The fourth-order valence-electron chi connectivity index (χ4n) is 3.60. The minimum absolute atomic E-state index is 0.612. The van der Waals surface area contributed by atoms with Gasteiger partial charge in [-0.05, 0) is 34.6 Å². The van der Waals surface area contributed by atoms with E-state index in [0.717, 1.165) is 39.6 Å². The Bertz CT molecular complexity index is 1470. The van der Waals surface area contributed by atoms with Crippen molar-refractivity contribution < 1.29 is 9.05 Å². The molecular weight excluding hydrogens is 378 g/mol. The van der Waals surface area contributed by atoms with Crippen molar-refractivity contribution in [3.8, 4) is 22.5 Å². The van der Waals surface area contributed by atoms with Crippen molar-refractivity contribution in [2.24, 2.45) is 0 Å². The first-order valence-corrected chi connectivity index (χ1v) is 9.53. The molecule has 144 valence electrons. The lowest BCUT2D eigenvalue weighted by molar-refractivity contribution is 0.315. The van der Waals surface area contributed by atoms with Gasteiger partial charge in [0.05, 0.1) is 17.7 Å². The van der Waals surface area contributed by atoms with E-state index in [-0.39, 0.29) is 0 Å². The normalized spacial score (nSPS) is 11.5. The highest BCUT2D eigenvalue weighted by Crippen LogP contribution is 2.29. The minimum Gasteiger partial charge on any atom is -0.469 e. The first-order chi connectivity index (χ1) is 14.8. The van der Waals surface area contributed by atoms with Crippen LogP contribution in [0.25, 0.3) is 39.2 Å². The molecule has 0 radical (unpaired) electrons. The van der Waals surface area contributed by atoms with Crippen molar-refractivity contribution in [1.29, 1.82) is 0 Å². The fourth-order valence-corrected chi connectivity index (χ4v) is 3.60. The summed E-state index contributed by atoms with van der Waals surface area (Å²) < 4.78 is 12.4. The first kappa shape index (κ1) is 16.7. The number of nitrogens with zero attached hydrogens (tertiary/aromatic N) is 5. The molecule has 2 aromatic carbocycles. The van der Waals surface area contributed by atoms with E-state index in [9.17, 15) is 0 Å². The van der Waals surface area contributed by atoms with E-state index in [4.69, 9.17) is 19.0 Å². The Morgan fingerprint density at radius 3 is 2.57 bits per heavy atom. The van der Waals surface area contributed by atoms with Crippen molar-refractivity contribution in [3.63, 3.8) is 0 Å². The standard InChI is InChI=1S/C23H15N5O2/c1-2-5-15(6-3-1)21-14-28-13-17(12-18-7-4-10-29-18)24-23(28)22(25-21)16-8-9-19-20(11-16)27-30-26-19/h1-11,13-14H,12H2. The number of benzene rings is 2. The highest BCUT2D eigenvalue weighted by molar-refractivity contribution is 5.84. The number of aromatic nitrogens is 5. The van der Waals surface area contributed by atoms with Gasteiger partial charge in [-0.25, -0.2) is 14.6 Å². The van der Waals surface area contributed by atoms with Crippen molar-refractivity contribution in [1.82, 2.24) is 24.7 Å². The average Bonchev–Trinajstić information content (AvgIpc) is 3.54. The highest BCUT2D eigenvalue weighted by Gasteiger charge is 2.15. The Balaban J connectivity index is 1.56. The molecule has 4 heterocycles. The summed E-state index contributed by atoms with van der Waals surface area (Å²) in [7, 11) is 0. The van der Waals surface area contributed by atoms with Crippen LogP contribution >= 0.6 is 0 Å². The van der Waals surface area contributed by atoms with Gasteiger partial charge in [-0.1, -0.05) is 36.4 Å². The summed E-state index contributed by atoms with van der Waals surface area (Å²) in [6, 6.07) is 19.7. The monoisotopic (exact) mass is 393 g/mol. The van der Waals surface area contributed by atoms with Crippen LogP contribution in [0.1, 0.15) is 11.5 Å². The number of furan rings is 1. The second-order valence-electron chi connectivity index (χ2n) is 7.03. The van der Waals surface area contributed by atoms with Gasteiger partial charge < -0.3 is 8.82 Å². The van der Waals surface area contributed by atoms with E-state index in [1.165, 1.54) is 0 Å². The molecule has 0 saturated carbocycles. The Morgan fingerprint density at radius 2 is 1.70 bits per heavy atom. The van der Waals surface area contributed by atoms with Crippen LogP contribution in [0.2, 0.25) is 0 Å². The molecule has 0 aliphatic heterocycles. The zero-order chi connectivity index (χ0) is 19.9. The van der Waals surface area contributed by atoms with Crippen molar-refractivity contribution in [2.75, 3.05) is 0 Å². The molecule has 0 amide bonds. The molecule has 0 unspecified atom stereocenters. The fraction of sp³-hybridized carbons (Fsp3) is 0.0435. The van der Waals surface area contributed by atoms with Crippen LogP contribution in [-0.4, -0.2) is 24.7 Å². The quantitative estimate of drug-likeness (QED) is 0.428. The van der Waals surface area contributed by atoms with E-state index in [1.54, 1.807) is 6.26 Å². The van der Waals surface area contributed by atoms with Crippen LogP contribution in [-0.2, 0) is 6.42 Å². The first-order valence-electron chi connectivity index (χ1n) is 9.53. The van der Waals surface area contributed by atoms with Gasteiger partial charge in [0.15, 0.2) is 5.65 Å². The molecule has 0 spiro atoms. The molecule has 0 aliphatic rings. The lowest BCUT2D eigenvalue weighted by Crippen LogP contribution is -1.96. The molecule has 30 heavy (non-hydrogen) atoms. The summed E-state index contributed by atoms with van der Waals surface area (Å²) in [4.78, 5) is 9.80. The Labute approximate surface area is 170 Å². The lowest BCUT2D eigenvalue weighted by Gasteiger charge is -2.08. The van der Waals surface area contributed by atoms with Crippen molar-refractivity contribution in [3.05, 3.63) is 90.8 Å². The topological polar surface area (TPSA) is 82.2 Å². The predicted octanol–water partition coefficient (Wildman–Crippen LogP) is 4.78. The molecule has 0 bridgehead atoms. The van der Waals surface area contributed by atoms with Crippen LogP contribution < -0.4 is 0 Å². The second-order valence-corrected chi connectivity index (χ2v) is 7.03. The molecule has 7 nitrogen and oxygen atoms in total. The lowest BCUT2D eigenvalue weighted by atomic mass is 10.1. The average molecular weight is 393 g/mol. The van der Waals surface area contributed by atoms with Gasteiger partial charge in [0.2, 0.25) is 0 Å². The van der Waals surface area contributed by atoms with Crippen LogP contribution in [0.4, 0.5) is 0 Å². The third-order valence-corrected chi connectivity index (χ3v) is 5.02. The van der Waals surface area contributed by atoms with Crippen LogP contribution in [0, 0.1) is 0 Å². The molecule has 0 aliphatic carbocycles. The van der Waals surface area contributed by atoms with Crippen molar-refractivity contribution >= 4 is 16.7 Å². The Morgan fingerprint density at radius 1 is 0.800 bits per heavy atom. The van der Waals surface area contributed by atoms with Crippen LogP contribution in [0.3, 0.4) is 0 Å². The van der Waals surface area contributed by atoms with Gasteiger partial charge >= 0.3 is 0 Å². The Hall–Kier alpha value is -4.26. The maximum Gasteiger partial charge on any atom is 0.163 e. The SMILES string of the molecule is c1ccc(-c2cn3cc(Cc4ccco4)nc3c(-c3ccc4nonc4c3)n2)cc1. The van der Waals surface area contributed by atoms with E-state index in [1.807, 2.05) is 77.5 Å². The van der Waals surface area contributed by atoms with Gasteiger partial charge in [-0.2, -0.15) is 0 Å². The third kappa shape index (κ3) is 2.84. The summed E-state index contributed by atoms with van der Waals surface area (Å²) >= 11 is 0. The summed E-state index contributed by atoms with van der Waals surface area (Å²) in [5.41, 5.74) is 6.62. The molecule has 6 aromatic rings. The van der Waals surface area contributed by atoms with Crippen molar-refractivity contribution in [2.45, 2.75) is 6.42 Å². The summed E-state index contributed by atoms with van der Waals surface area (Å²) in [5.74, 6) is 0.867. The molecule has 7 heteroatoms. The summed E-state index contributed by atoms with van der Waals surface area (Å²) in [6.07, 6.45) is 6.31. The molecular formula is C23H15N5O2. The van der Waals surface area contributed by atoms with Crippen LogP contribution in [0.15, 0.2) is 88.4 Å². The molecule has 6 rings (SSSR count). The number of hydrogen-bond acceptors (Lipinski definition) is 6. The Kier molecular flexibility index (Phi) is 3.70. The molecule has 0 saturated heterocycles. The smallest absolute Gasteiger partial charge is 0.163 e. The molecule has 0 fully saturated rings. The van der Waals surface area contributed by atoms with Gasteiger partial charge in [0, 0.05) is 29.9 Å². The zero-order valence-electron chi connectivity index (χ0n) is 15.8. The van der Waals surface area contributed by atoms with Crippen LogP contribution in [0.5, 0.6) is 0 Å². The van der Waals surface area contributed by atoms with E-state index >= 15 is 0 Å². The number of hydrogen-bond donors (Lipinski definition) is 0. The molecule has 0 N–H and O–H groups in total. The van der Waals surface area contributed by atoms with Gasteiger partial charge in [-0.15, -0.1) is 0 Å². The zero-order valence-corrected chi connectivity index (χ0v) is 15.8. The largest absolute Gasteiger partial charge is 0.469 e. The van der Waals surface area contributed by atoms with Gasteiger partial charge in [-0.3, -0.25) is 0 Å². The molecule has 4 aromatic heterocycles. The van der Waals surface area contributed by atoms with Gasteiger partial charge in [0.25, 0.3) is 0 Å². The number of fused-ring (bicyclic) bond motifs is 2. The van der Waals surface area contributed by atoms with E-state index in [2.05, 4.69) is 10.3 Å². The third-order valence-electron chi connectivity index (χ3n) is 5.02. The van der Waals surface area contributed by atoms with Gasteiger partial charge in [0.1, 0.15) is 22.5 Å². The number of imidazole rings is 1. The maximum atomic E-state index is 5.49. The summed E-state index contributed by atoms with van der Waals surface area (Å²) in [6.45, 7) is 0. The maximum absolute atomic E-state index is 5.49. The minimum atomic E-state index is 0.612. The summed E-state index contributed by atoms with van der Waals surface area (Å²) in [5, 5.41) is 7.86. The number of rotatable bonds is 4. The van der Waals surface area contributed by atoms with E-state index < -0.39 is 0 Å². The second kappa shape index (κ2) is 6.66. The predicted molar refractivity (Wildman–Crippen MR) is 111 cm³/mol. The van der Waals surface area contributed by atoms with E-state index in [0.29, 0.717) is 17.5 Å². The molecule has 0 atom stereocenters.